The average molecular weight is 233 g/mol. The van der Waals surface area contributed by atoms with Crippen molar-refractivity contribution in [1.82, 2.24) is 0 Å². The van der Waals surface area contributed by atoms with E-state index in [-0.39, 0.29) is 11.0 Å². The Labute approximate surface area is 102 Å². The molecule has 1 fully saturated rings. The van der Waals surface area contributed by atoms with Gasteiger partial charge in [0.2, 0.25) is 0 Å². The van der Waals surface area contributed by atoms with Gasteiger partial charge in [-0.1, -0.05) is 6.07 Å². The van der Waals surface area contributed by atoms with E-state index in [9.17, 15) is 0 Å². The number of hydrogen-bond acceptors (Lipinski definition) is 3. The van der Waals surface area contributed by atoms with Crippen molar-refractivity contribution in [3.05, 3.63) is 23.8 Å². The Kier molecular flexibility index (Phi) is 2.17. The lowest BCUT2D eigenvalue weighted by Gasteiger charge is -2.32. The molecule has 0 amide bonds. The first-order chi connectivity index (χ1) is 8.03. The minimum absolute atomic E-state index is 0.128. The first kappa shape index (κ1) is 10.9. The third-order valence-corrected chi connectivity index (χ3v) is 4.08. The van der Waals surface area contributed by atoms with Gasteiger partial charge in [-0.05, 0) is 44.4 Å². The maximum Gasteiger partial charge on any atom is 0.161 e. The summed E-state index contributed by atoms with van der Waals surface area (Å²) in [4.78, 5) is 0. The molecule has 17 heavy (non-hydrogen) atoms. The molecule has 1 aromatic rings. The van der Waals surface area contributed by atoms with Crippen LogP contribution in [0.1, 0.15) is 32.3 Å². The van der Waals surface area contributed by atoms with Gasteiger partial charge >= 0.3 is 0 Å². The largest absolute Gasteiger partial charge is 0.486 e. The van der Waals surface area contributed by atoms with E-state index >= 15 is 0 Å². The van der Waals surface area contributed by atoms with Crippen LogP contribution in [0, 0.1) is 0 Å². The lowest BCUT2D eigenvalue weighted by molar-refractivity contribution is 0.171. The first-order valence-electron chi connectivity index (χ1n) is 6.22. The van der Waals surface area contributed by atoms with E-state index < -0.39 is 0 Å². The van der Waals surface area contributed by atoms with Crippen molar-refractivity contribution in [2.24, 2.45) is 5.73 Å². The molecule has 0 spiro atoms. The van der Waals surface area contributed by atoms with Crippen molar-refractivity contribution in [2.75, 3.05) is 13.2 Å². The van der Waals surface area contributed by atoms with Gasteiger partial charge in [-0.15, -0.1) is 0 Å². The number of benzene rings is 1. The molecule has 0 atom stereocenters. The van der Waals surface area contributed by atoms with Crippen LogP contribution in [0.15, 0.2) is 18.2 Å². The zero-order chi connectivity index (χ0) is 12.1. The molecule has 2 aliphatic rings. The molecule has 1 aromatic carbocycles. The maximum atomic E-state index is 6.31. The summed E-state index contributed by atoms with van der Waals surface area (Å²) in [5.41, 5.74) is 7.54. The molecule has 3 nitrogen and oxygen atoms in total. The molecule has 0 unspecified atom stereocenters. The maximum absolute atomic E-state index is 6.31. The molecule has 0 radical (unpaired) electrons. The van der Waals surface area contributed by atoms with Crippen LogP contribution in [0.3, 0.4) is 0 Å². The number of nitrogens with two attached hydrogens (primary N) is 1. The van der Waals surface area contributed by atoms with Gasteiger partial charge in [0.1, 0.15) is 13.2 Å². The number of fused-ring (bicyclic) bond motifs is 1. The summed E-state index contributed by atoms with van der Waals surface area (Å²) in [6.45, 7) is 5.49. The van der Waals surface area contributed by atoms with E-state index in [1.54, 1.807) is 0 Å². The summed E-state index contributed by atoms with van der Waals surface area (Å²) < 4.78 is 11.2. The first-order valence-corrected chi connectivity index (χ1v) is 6.22. The second-order valence-electron chi connectivity index (χ2n) is 5.66. The Bertz CT molecular complexity index is 444. The number of ether oxygens (including phenoxy) is 2. The smallest absolute Gasteiger partial charge is 0.161 e. The third kappa shape index (κ3) is 1.61. The molecule has 1 aliphatic carbocycles. The molecule has 3 rings (SSSR count). The van der Waals surface area contributed by atoms with Crippen LogP contribution in [0.2, 0.25) is 0 Å². The predicted molar refractivity (Wildman–Crippen MR) is 66.6 cm³/mol. The quantitative estimate of drug-likeness (QED) is 0.852. The Hall–Kier alpha value is -1.22. The minimum atomic E-state index is -0.184. The lowest BCUT2D eigenvalue weighted by Crippen LogP contribution is -2.45. The van der Waals surface area contributed by atoms with Crippen molar-refractivity contribution in [1.29, 1.82) is 0 Å². The highest BCUT2D eigenvalue weighted by Crippen LogP contribution is 2.55. The van der Waals surface area contributed by atoms with E-state index in [2.05, 4.69) is 26.0 Å². The van der Waals surface area contributed by atoms with Crippen LogP contribution >= 0.6 is 0 Å². The molecule has 1 heterocycles. The van der Waals surface area contributed by atoms with Gasteiger partial charge in [-0.3, -0.25) is 0 Å². The van der Waals surface area contributed by atoms with Gasteiger partial charge in [0, 0.05) is 11.0 Å². The van der Waals surface area contributed by atoms with E-state index in [0.717, 1.165) is 24.3 Å². The van der Waals surface area contributed by atoms with E-state index in [1.807, 2.05) is 6.07 Å². The molecular weight excluding hydrogens is 214 g/mol. The molecular formula is C14H19NO2. The van der Waals surface area contributed by atoms with E-state index in [1.165, 1.54) is 5.56 Å². The van der Waals surface area contributed by atoms with Gasteiger partial charge in [0.25, 0.3) is 0 Å². The van der Waals surface area contributed by atoms with Crippen molar-refractivity contribution in [2.45, 2.75) is 37.6 Å². The highest BCUT2D eigenvalue weighted by Gasteiger charge is 2.53. The van der Waals surface area contributed by atoms with Crippen molar-refractivity contribution >= 4 is 0 Å². The topological polar surface area (TPSA) is 44.5 Å². The highest BCUT2D eigenvalue weighted by molar-refractivity contribution is 5.48. The van der Waals surface area contributed by atoms with Gasteiger partial charge in [-0.2, -0.15) is 0 Å². The van der Waals surface area contributed by atoms with Crippen molar-refractivity contribution in [3.8, 4) is 11.5 Å². The molecule has 0 bridgehead atoms. The van der Waals surface area contributed by atoms with Gasteiger partial charge in [0.15, 0.2) is 11.5 Å². The monoisotopic (exact) mass is 233 g/mol. The van der Waals surface area contributed by atoms with Crippen LogP contribution in [-0.4, -0.2) is 18.8 Å². The summed E-state index contributed by atoms with van der Waals surface area (Å²) in [5, 5.41) is 0. The summed E-state index contributed by atoms with van der Waals surface area (Å²) in [7, 11) is 0. The molecule has 1 aliphatic heterocycles. The molecule has 2 N–H and O–H groups in total. The zero-order valence-electron chi connectivity index (χ0n) is 10.5. The number of hydrogen-bond donors (Lipinski definition) is 1. The third-order valence-electron chi connectivity index (χ3n) is 4.08. The molecule has 3 heteroatoms. The lowest BCUT2D eigenvalue weighted by atomic mass is 9.79. The van der Waals surface area contributed by atoms with Crippen molar-refractivity contribution < 1.29 is 9.47 Å². The normalized spacial score (nSPS) is 21.1. The average Bonchev–Trinajstić information content (AvgIpc) is 3.09. The predicted octanol–water partition coefficient (Wildman–Crippen LogP) is 2.23. The van der Waals surface area contributed by atoms with Crippen LogP contribution in [0.25, 0.3) is 0 Å². The van der Waals surface area contributed by atoms with Crippen LogP contribution < -0.4 is 15.2 Å². The van der Waals surface area contributed by atoms with Crippen LogP contribution in [0.4, 0.5) is 0 Å². The van der Waals surface area contributed by atoms with Crippen molar-refractivity contribution in [3.63, 3.8) is 0 Å². The standard InChI is InChI=1S/C14H19NO2/c1-13(2,15)14(5-6-14)10-3-4-11-12(9-10)17-8-7-16-11/h3-4,9H,5-8,15H2,1-2H3. The SMILES string of the molecule is CC(C)(N)C1(c2ccc3c(c2)OCCO3)CC1. The highest BCUT2D eigenvalue weighted by atomic mass is 16.6. The summed E-state index contributed by atoms with van der Waals surface area (Å²) in [6, 6.07) is 6.25. The summed E-state index contributed by atoms with van der Waals surface area (Å²) in [5.74, 6) is 1.72. The van der Waals surface area contributed by atoms with Gasteiger partial charge < -0.3 is 15.2 Å². The van der Waals surface area contributed by atoms with Crippen LogP contribution in [-0.2, 0) is 5.41 Å². The number of rotatable bonds is 2. The Balaban J connectivity index is 2.00. The Morgan fingerprint density at radius 1 is 1.12 bits per heavy atom. The summed E-state index contributed by atoms with van der Waals surface area (Å²) in [6.07, 6.45) is 2.33. The van der Waals surface area contributed by atoms with Gasteiger partial charge in [-0.25, -0.2) is 0 Å². The van der Waals surface area contributed by atoms with Gasteiger partial charge in [0.05, 0.1) is 0 Å². The van der Waals surface area contributed by atoms with Crippen LogP contribution in [0.5, 0.6) is 11.5 Å². The molecule has 92 valence electrons. The summed E-state index contributed by atoms with van der Waals surface area (Å²) >= 11 is 0. The van der Waals surface area contributed by atoms with E-state index in [0.29, 0.717) is 13.2 Å². The Morgan fingerprint density at radius 2 is 1.76 bits per heavy atom. The minimum Gasteiger partial charge on any atom is -0.486 e. The fourth-order valence-electron chi connectivity index (χ4n) is 2.77. The Morgan fingerprint density at radius 3 is 2.35 bits per heavy atom. The second kappa shape index (κ2) is 3.39. The fraction of sp³-hybridized carbons (Fsp3) is 0.571. The molecule has 1 saturated carbocycles. The fourth-order valence-corrected chi connectivity index (χ4v) is 2.77. The molecule has 0 aromatic heterocycles. The second-order valence-corrected chi connectivity index (χ2v) is 5.66. The van der Waals surface area contributed by atoms with E-state index in [4.69, 9.17) is 15.2 Å². The zero-order valence-corrected chi connectivity index (χ0v) is 10.5. The molecule has 0 saturated heterocycles.